The highest BCUT2D eigenvalue weighted by atomic mass is 127. The standard InChI is InChI=1S/C6H2F4IN/c7-3-2-12-5(1-4(3)11)6(8,9)10/h1-2H. The molecule has 0 fully saturated rings. The maximum atomic E-state index is 12.4. The average molecular weight is 291 g/mol. The van der Waals surface area contributed by atoms with Crippen LogP contribution in [0.4, 0.5) is 17.6 Å². The molecule has 0 saturated heterocycles. The molecule has 0 amide bonds. The average Bonchev–Trinajstić information content (AvgIpc) is 1.92. The summed E-state index contributed by atoms with van der Waals surface area (Å²) in [6.45, 7) is 0. The first-order chi connectivity index (χ1) is 5.41. The quantitative estimate of drug-likeness (QED) is 0.529. The summed E-state index contributed by atoms with van der Waals surface area (Å²) in [4.78, 5) is 2.91. The molecule has 0 N–H and O–H groups in total. The van der Waals surface area contributed by atoms with Crippen LogP contribution in [0.15, 0.2) is 12.3 Å². The van der Waals surface area contributed by atoms with Crippen molar-refractivity contribution >= 4 is 22.6 Å². The zero-order chi connectivity index (χ0) is 9.35. The lowest BCUT2D eigenvalue weighted by Crippen LogP contribution is -2.08. The molecule has 12 heavy (non-hydrogen) atoms. The first kappa shape index (κ1) is 9.69. The van der Waals surface area contributed by atoms with Gasteiger partial charge in [-0.05, 0) is 28.7 Å². The van der Waals surface area contributed by atoms with Crippen molar-refractivity contribution in [1.82, 2.24) is 4.98 Å². The Labute approximate surface area is 78.9 Å². The first-order valence-electron chi connectivity index (χ1n) is 2.79. The van der Waals surface area contributed by atoms with Crippen LogP contribution in [0.5, 0.6) is 0 Å². The van der Waals surface area contributed by atoms with E-state index in [0.717, 1.165) is 0 Å². The van der Waals surface area contributed by atoms with Crippen LogP contribution < -0.4 is 0 Å². The largest absolute Gasteiger partial charge is 0.433 e. The third-order valence-electron chi connectivity index (χ3n) is 1.10. The maximum Gasteiger partial charge on any atom is 0.433 e. The van der Waals surface area contributed by atoms with Crippen molar-refractivity contribution in [2.75, 3.05) is 0 Å². The third kappa shape index (κ3) is 2.05. The van der Waals surface area contributed by atoms with Gasteiger partial charge in [0.1, 0.15) is 5.69 Å². The monoisotopic (exact) mass is 291 g/mol. The van der Waals surface area contributed by atoms with Crippen molar-refractivity contribution in [2.24, 2.45) is 0 Å². The Hall–Kier alpha value is -0.400. The maximum absolute atomic E-state index is 12.4. The summed E-state index contributed by atoms with van der Waals surface area (Å²) in [5.41, 5.74) is -1.08. The Morgan fingerprint density at radius 2 is 1.92 bits per heavy atom. The number of rotatable bonds is 0. The summed E-state index contributed by atoms with van der Waals surface area (Å²) in [5, 5.41) is 0. The first-order valence-corrected chi connectivity index (χ1v) is 3.87. The Morgan fingerprint density at radius 3 is 2.33 bits per heavy atom. The van der Waals surface area contributed by atoms with E-state index in [1.807, 2.05) is 0 Å². The molecule has 0 aliphatic heterocycles. The van der Waals surface area contributed by atoms with Crippen molar-refractivity contribution in [1.29, 1.82) is 0 Å². The summed E-state index contributed by atoms with van der Waals surface area (Å²) in [5.74, 6) is -0.747. The number of halogens is 5. The van der Waals surface area contributed by atoms with Crippen molar-refractivity contribution in [3.05, 3.63) is 27.3 Å². The zero-order valence-electron chi connectivity index (χ0n) is 5.49. The van der Waals surface area contributed by atoms with Gasteiger partial charge in [-0.15, -0.1) is 0 Å². The molecule has 1 nitrogen and oxygen atoms in total. The summed E-state index contributed by atoms with van der Waals surface area (Å²) in [6, 6.07) is 0.663. The molecular formula is C6H2F4IN. The second kappa shape index (κ2) is 3.15. The Balaban J connectivity index is 3.14. The normalized spacial score (nSPS) is 11.8. The van der Waals surface area contributed by atoms with Crippen LogP contribution in [0.25, 0.3) is 0 Å². The van der Waals surface area contributed by atoms with Crippen LogP contribution in [-0.2, 0) is 6.18 Å². The van der Waals surface area contributed by atoms with Gasteiger partial charge < -0.3 is 0 Å². The van der Waals surface area contributed by atoms with E-state index in [1.165, 1.54) is 22.6 Å². The van der Waals surface area contributed by atoms with Crippen LogP contribution >= 0.6 is 22.6 Å². The molecule has 6 heteroatoms. The molecule has 1 heterocycles. The fourth-order valence-corrected chi connectivity index (χ4v) is 1.00. The number of hydrogen-bond acceptors (Lipinski definition) is 1. The van der Waals surface area contributed by atoms with E-state index in [2.05, 4.69) is 4.98 Å². The van der Waals surface area contributed by atoms with Gasteiger partial charge in [0.05, 0.1) is 9.77 Å². The molecule has 0 unspecified atom stereocenters. The molecular weight excluding hydrogens is 289 g/mol. The second-order valence-electron chi connectivity index (χ2n) is 1.98. The van der Waals surface area contributed by atoms with Gasteiger partial charge >= 0.3 is 6.18 Å². The summed E-state index contributed by atoms with van der Waals surface area (Å²) < 4.78 is 48.1. The fourth-order valence-electron chi connectivity index (χ4n) is 0.569. The lowest BCUT2D eigenvalue weighted by atomic mass is 10.3. The van der Waals surface area contributed by atoms with Gasteiger partial charge in [0.2, 0.25) is 0 Å². The second-order valence-corrected chi connectivity index (χ2v) is 3.14. The van der Waals surface area contributed by atoms with Crippen molar-refractivity contribution in [3.63, 3.8) is 0 Å². The van der Waals surface area contributed by atoms with Gasteiger partial charge in [-0.2, -0.15) is 13.2 Å². The Kier molecular flexibility index (Phi) is 2.55. The SMILES string of the molecule is Fc1cnc(C(F)(F)F)cc1I. The highest BCUT2D eigenvalue weighted by Crippen LogP contribution is 2.28. The molecule has 0 atom stereocenters. The molecule has 1 aromatic heterocycles. The van der Waals surface area contributed by atoms with E-state index >= 15 is 0 Å². The molecule has 0 aromatic carbocycles. The summed E-state index contributed by atoms with van der Waals surface area (Å²) >= 11 is 1.47. The van der Waals surface area contributed by atoms with Gasteiger partial charge in [-0.3, -0.25) is 0 Å². The van der Waals surface area contributed by atoms with E-state index in [-0.39, 0.29) is 3.57 Å². The molecule has 0 bridgehead atoms. The number of alkyl halides is 3. The zero-order valence-corrected chi connectivity index (χ0v) is 7.65. The molecule has 0 saturated carbocycles. The minimum Gasteiger partial charge on any atom is -0.249 e. The Bertz CT molecular complexity index is 296. The lowest BCUT2D eigenvalue weighted by Gasteiger charge is -2.04. The van der Waals surface area contributed by atoms with E-state index in [1.54, 1.807) is 0 Å². The van der Waals surface area contributed by atoms with E-state index in [9.17, 15) is 17.6 Å². The van der Waals surface area contributed by atoms with Gasteiger partial charge in [0.25, 0.3) is 0 Å². The van der Waals surface area contributed by atoms with Gasteiger partial charge in [-0.25, -0.2) is 9.37 Å². The highest BCUT2D eigenvalue weighted by molar-refractivity contribution is 14.1. The third-order valence-corrected chi connectivity index (χ3v) is 1.93. The Morgan fingerprint density at radius 1 is 1.33 bits per heavy atom. The molecule has 1 aromatic rings. The van der Waals surface area contributed by atoms with Crippen molar-refractivity contribution < 1.29 is 17.6 Å². The number of aromatic nitrogens is 1. The van der Waals surface area contributed by atoms with Gasteiger partial charge in [0.15, 0.2) is 5.82 Å². The van der Waals surface area contributed by atoms with Crippen molar-refractivity contribution in [3.8, 4) is 0 Å². The van der Waals surface area contributed by atoms with Crippen LogP contribution in [0.3, 0.4) is 0 Å². The van der Waals surface area contributed by atoms with E-state index < -0.39 is 17.7 Å². The summed E-state index contributed by atoms with van der Waals surface area (Å²) in [6.07, 6.45) is -3.95. The smallest absolute Gasteiger partial charge is 0.249 e. The molecule has 0 aliphatic rings. The molecule has 0 radical (unpaired) electrons. The number of nitrogens with zero attached hydrogens (tertiary/aromatic N) is 1. The topological polar surface area (TPSA) is 12.9 Å². The number of pyridine rings is 1. The summed E-state index contributed by atoms with van der Waals surface area (Å²) in [7, 11) is 0. The predicted molar refractivity (Wildman–Crippen MR) is 41.9 cm³/mol. The lowest BCUT2D eigenvalue weighted by molar-refractivity contribution is -0.141. The minimum absolute atomic E-state index is 0.0880. The van der Waals surface area contributed by atoms with Crippen LogP contribution in [0.1, 0.15) is 5.69 Å². The molecule has 0 aliphatic carbocycles. The van der Waals surface area contributed by atoms with E-state index in [4.69, 9.17) is 0 Å². The fraction of sp³-hybridized carbons (Fsp3) is 0.167. The van der Waals surface area contributed by atoms with Gasteiger partial charge in [0, 0.05) is 0 Å². The van der Waals surface area contributed by atoms with E-state index in [0.29, 0.717) is 12.3 Å². The minimum atomic E-state index is -4.51. The van der Waals surface area contributed by atoms with Gasteiger partial charge in [-0.1, -0.05) is 0 Å². The number of hydrogen-bond donors (Lipinski definition) is 0. The van der Waals surface area contributed by atoms with Crippen LogP contribution in [0.2, 0.25) is 0 Å². The predicted octanol–water partition coefficient (Wildman–Crippen LogP) is 2.84. The molecule has 66 valence electrons. The molecule has 0 spiro atoms. The van der Waals surface area contributed by atoms with Crippen molar-refractivity contribution in [2.45, 2.75) is 6.18 Å². The highest BCUT2D eigenvalue weighted by Gasteiger charge is 2.32. The van der Waals surface area contributed by atoms with Crippen LogP contribution in [-0.4, -0.2) is 4.98 Å². The molecule has 1 rings (SSSR count). The van der Waals surface area contributed by atoms with Crippen LogP contribution in [0, 0.1) is 9.39 Å².